The number of halogens is 1. The van der Waals surface area contributed by atoms with Crippen LogP contribution in [0.3, 0.4) is 0 Å². The number of nitrogens with zero attached hydrogens (tertiary/aromatic N) is 3. The molecule has 4 rings (SSSR count). The molecular formula is C20H22BrN3O. The first-order valence-electron chi connectivity index (χ1n) is 8.66. The quantitative estimate of drug-likeness (QED) is 0.727. The molecule has 4 nitrogen and oxygen atoms in total. The molecule has 1 N–H and O–H groups in total. The Morgan fingerprint density at radius 3 is 2.44 bits per heavy atom. The van der Waals surface area contributed by atoms with Crippen molar-refractivity contribution in [2.75, 3.05) is 13.1 Å². The van der Waals surface area contributed by atoms with Gasteiger partial charge in [-0.15, -0.1) is 0 Å². The summed E-state index contributed by atoms with van der Waals surface area (Å²) in [5, 5.41) is 11.0. The highest BCUT2D eigenvalue weighted by molar-refractivity contribution is 9.10. The molecule has 0 spiro atoms. The molecule has 2 heterocycles. The number of para-hydroxylation sites is 2. The van der Waals surface area contributed by atoms with Crippen LogP contribution in [0.5, 0.6) is 0 Å². The molecule has 1 aliphatic heterocycles. The molecule has 5 heteroatoms. The highest BCUT2D eigenvalue weighted by Gasteiger charge is 2.34. The highest BCUT2D eigenvalue weighted by Crippen LogP contribution is 2.34. The standard InChI is InChI=1S/C20H22BrN3O/c1-23-18-5-3-2-4-17(18)22-19(23)14-24-12-10-20(25,11-13-24)15-6-8-16(21)9-7-15/h2-9,25H,10-14H2,1H3. The Balaban J connectivity index is 1.46. The second kappa shape index (κ2) is 6.56. The van der Waals surface area contributed by atoms with Crippen molar-refractivity contribution in [2.45, 2.75) is 25.0 Å². The van der Waals surface area contributed by atoms with Gasteiger partial charge in [0.15, 0.2) is 0 Å². The van der Waals surface area contributed by atoms with E-state index in [0.29, 0.717) is 0 Å². The molecule has 2 aromatic carbocycles. The van der Waals surface area contributed by atoms with Crippen molar-refractivity contribution >= 4 is 27.0 Å². The van der Waals surface area contributed by atoms with E-state index < -0.39 is 5.60 Å². The van der Waals surface area contributed by atoms with Crippen LogP contribution in [0.25, 0.3) is 11.0 Å². The second-order valence-electron chi connectivity index (χ2n) is 6.89. The molecule has 0 unspecified atom stereocenters. The number of piperidine rings is 1. The van der Waals surface area contributed by atoms with Gasteiger partial charge in [-0.2, -0.15) is 0 Å². The molecule has 130 valence electrons. The summed E-state index contributed by atoms with van der Waals surface area (Å²) in [7, 11) is 2.08. The van der Waals surface area contributed by atoms with Crippen LogP contribution >= 0.6 is 15.9 Å². The van der Waals surface area contributed by atoms with Crippen LogP contribution in [0.4, 0.5) is 0 Å². The SMILES string of the molecule is Cn1c(CN2CCC(O)(c3ccc(Br)cc3)CC2)nc2ccccc21. The first-order chi connectivity index (χ1) is 12.0. The van der Waals surface area contributed by atoms with Gasteiger partial charge in [-0.3, -0.25) is 4.90 Å². The number of likely N-dealkylation sites (tertiary alicyclic amines) is 1. The van der Waals surface area contributed by atoms with Crippen molar-refractivity contribution < 1.29 is 5.11 Å². The normalized spacial score (nSPS) is 17.9. The van der Waals surface area contributed by atoms with E-state index in [9.17, 15) is 5.11 Å². The number of aliphatic hydroxyl groups is 1. The molecule has 0 radical (unpaired) electrons. The summed E-state index contributed by atoms with van der Waals surface area (Å²) < 4.78 is 3.21. The molecule has 1 aromatic heterocycles. The van der Waals surface area contributed by atoms with Crippen molar-refractivity contribution in [3.05, 3.63) is 64.4 Å². The zero-order valence-electron chi connectivity index (χ0n) is 14.3. The minimum absolute atomic E-state index is 0.719. The van der Waals surface area contributed by atoms with Gasteiger partial charge < -0.3 is 9.67 Å². The topological polar surface area (TPSA) is 41.3 Å². The number of fused-ring (bicyclic) bond motifs is 1. The van der Waals surface area contributed by atoms with Gasteiger partial charge >= 0.3 is 0 Å². The summed E-state index contributed by atoms with van der Waals surface area (Å²) in [6, 6.07) is 16.3. The Morgan fingerprint density at radius 2 is 1.76 bits per heavy atom. The number of aryl methyl sites for hydroxylation is 1. The summed E-state index contributed by atoms with van der Waals surface area (Å²) in [6.07, 6.45) is 1.50. The summed E-state index contributed by atoms with van der Waals surface area (Å²) in [4.78, 5) is 7.15. The molecule has 25 heavy (non-hydrogen) atoms. The van der Waals surface area contributed by atoms with Crippen LogP contribution in [0.1, 0.15) is 24.2 Å². The van der Waals surface area contributed by atoms with E-state index in [2.05, 4.69) is 44.6 Å². The fraction of sp³-hybridized carbons (Fsp3) is 0.350. The van der Waals surface area contributed by atoms with E-state index in [-0.39, 0.29) is 0 Å². The summed E-state index contributed by atoms with van der Waals surface area (Å²) >= 11 is 3.46. The first-order valence-corrected chi connectivity index (χ1v) is 9.46. The molecule has 1 saturated heterocycles. The van der Waals surface area contributed by atoms with Gasteiger partial charge in [0.05, 0.1) is 23.2 Å². The molecular weight excluding hydrogens is 378 g/mol. The number of rotatable bonds is 3. The third-order valence-corrected chi connectivity index (χ3v) is 5.84. The van der Waals surface area contributed by atoms with Gasteiger partial charge in [-0.25, -0.2) is 4.98 Å². The second-order valence-corrected chi connectivity index (χ2v) is 7.81. The van der Waals surface area contributed by atoms with Crippen LogP contribution < -0.4 is 0 Å². The minimum Gasteiger partial charge on any atom is -0.385 e. The Bertz CT molecular complexity index is 880. The molecule has 1 aliphatic rings. The van der Waals surface area contributed by atoms with Crippen molar-refractivity contribution in [1.29, 1.82) is 0 Å². The molecule has 0 amide bonds. The van der Waals surface area contributed by atoms with E-state index in [0.717, 1.165) is 53.9 Å². The first kappa shape index (κ1) is 16.8. The minimum atomic E-state index is -0.719. The maximum Gasteiger partial charge on any atom is 0.123 e. The molecule has 1 fully saturated rings. The van der Waals surface area contributed by atoms with E-state index in [4.69, 9.17) is 4.98 Å². The van der Waals surface area contributed by atoms with Crippen molar-refractivity contribution in [2.24, 2.45) is 7.05 Å². The van der Waals surface area contributed by atoms with Gasteiger partial charge in [0.2, 0.25) is 0 Å². The predicted molar refractivity (Wildman–Crippen MR) is 103 cm³/mol. The molecule has 0 aliphatic carbocycles. The van der Waals surface area contributed by atoms with Crippen LogP contribution in [-0.4, -0.2) is 32.6 Å². The Labute approximate surface area is 156 Å². The largest absolute Gasteiger partial charge is 0.385 e. The smallest absolute Gasteiger partial charge is 0.123 e. The Kier molecular flexibility index (Phi) is 4.40. The van der Waals surface area contributed by atoms with Gasteiger partial charge in [-0.05, 0) is 42.7 Å². The zero-order valence-corrected chi connectivity index (χ0v) is 15.9. The number of aromatic nitrogens is 2. The maximum atomic E-state index is 11.0. The molecule has 3 aromatic rings. The maximum absolute atomic E-state index is 11.0. The summed E-state index contributed by atoms with van der Waals surface area (Å²) in [5.41, 5.74) is 2.51. The van der Waals surface area contributed by atoms with Crippen molar-refractivity contribution in [1.82, 2.24) is 14.5 Å². The lowest BCUT2D eigenvalue weighted by Crippen LogP contribution is -2.42. The van der Waals surface area contributed by atoms with Gasteiger partial charge in [0, 0.05) is 24.6 Å². The van der Waals surface area contributed by atoms with E-state index in [1.807, 2.05) is 36.4 Å². The van der Waals surface area contributed by atoms with Gasteiger partial charge in [0.1, 0.15) is 5.82 Å². The monoisotopic (exact) mass is 399 g/mol. The summed E-state index contributed by atoms with van der Waals surface area (Å²) in [6.45, 7) is 2.56. The zero-order chi connectivity index (χ0) is 17.4. The highest BCUT2D eigenvalue weighted by atomic mass is 79.9. The van der Waals surface area contributed by atoms with Crippen molar-refractivity contribution in [3.8, 4) is 0 Å². The number of benzene rings is 2. The Morgan fingerprint density at radius 1 is 1.08 bits per heavy atom. The number of hydrogen-bond donors (Lipinski definition) is 1. The van der Waals surface area contributed by atoms with Gasteiger partial charge in [0.25, 0.3) is 0 Å². The molecule has 0 saturated carbocycles. The fourth-order valence-corrected chi connectivity index (χ4v) is 3.93. The number of hydrogen-bond acceptors (Lipinski definition) is 3. The molecule has 0 bridgehead atoms. The van der Waals surface area contributed by atoms with Crippen LogP contribution in [0.2, 0.25) is 0 Å². The van der Waals surface area contributed by atoms with E-state index >= 15 is 0 Å². The third-order valence-electron chi connectivity index (χ3n) is 5.31. The van der Waals surface area contributed by atoms with Crippen LogP contribution in [-0.2, 0) is 19.2 Å². The average Bonchev–Trinajstić information content (AvgIpc) is 2.94. The lowest BCUT2D eigenvalue weighted by atomic mass is 9.84. The summed E-state index contributed by atoms with van der Waals surface area (Å²) in [5.74, 6) is 1.08. The predicted octanol–water partition coefficient (Wildman–Crippen LogP) is 3.82. The van der Waals surface area contributed by atoms with E-state index in [1.54, 1.807) is 0 Å². The molecule has 0 atom stereocenters. The lowest BCUT2D eigenvalue weighted by Gasteiger charge is -2.38. The van der Waals surface area contributed by atoms with Gasteiger partial charge in [-0.1, -0.05) is 40.2 Å². The number of imidazole rings is 1. The fourth-order valence-electron chi connectivity index (χ4n) is 3.67. The van der Waals surface area contributed by atoms with Crippen LogP contribution in [0.15, 0.2) is 53.0 Å². The van der Waals surface area contributed by atoms with E-state index in [1.165, 1.54) is 5.52 Å². The third kappa shape index (κ3) is 3.24. The van der Waals surface area contributed by atoms with Crippen LogP contribution in [0, 0.1) is 0 Å². The van der Waals surface area contributed by atoms with Crippen molar-refractivity contribution in [3.63, 3.8) is 0 Å². The lowest BCUT2D eigenvalue weighted by molar-refractivity contribution is -0.0283. The Hall–Kier alpha value is -1.69. The average molecular weight is 400 g/mol.